The number of halogens is 3. The van der Waals surface area contributed by atoms with Gasteiger partial charge < -0.3 is 10.2 Å². The van der Waals surface area contributed by atoms with Crippen LogP contribution < -0.4 is 5.32 Å². The Labute approximate surface area is 168 Å². The molecule has 0 aliphatic carbocycles. The molecule has 2 aromatic rings. The number of alkyl halides is 2. The van der Waals surface area contributed by atoms with Crippen molar-refractivity contribution in [3.8, 4) is 0 Å². The van der Waals surface area contributed by atoms with Gasteiger partial charge in [0.15, 0.2) is 0 Å². The monoisotopic (exact) mass is 430 g/mol. The van der Waals surface area contributed by atoms with Gasteiger partial charge >= 0.3 is 0 Å². The molecule has 144 valence electrons. The molecule has 0 spiro atoms. The van der Waals surface area contributed by atoms with Crippen LogP contribution >= 0.6 is 34.7 Å². The normalized spacial score (nSPS) is 13.6. The molecule has 1 aromatic heterocycles. The van der Waals surface area contributed by atoms with Gasteiger partial charge in [-0.15, -0.1) is 11.3 Å². The van der Waals surface area contributed by atoms with Gasteiger partial charge in [-0.3, -0.25) is 9.59 Å². The standard InChI is InChI=1S/C18H17ClF2N2O2S2/c19-12-2-1-3-13(17(12)27-18(20)21)22-15(24)4-5-16(25)23-8-6-14-11(10-23)7-9-26-14/h1-3,7,9,18H,4-6,8,10H2,(H,22,24). The first-order chi connectivity index (χ1) is 12.9. The van der Waals surface area contributed by atoms with Gasteiger partial charge in [-0.1, -0.05) is 29.4 Å². The number of amides is 2. The molecular weight excluding hydrogens is 414 g/mol. The third kappa shape index (κ3) is 5.21. The predicted molar refractivity (Wildman–Crippen MR) is 105 cm³/mol. The summed E-state index contributed by atoms with van der Waals surface area (Å²) >= 11 is 7.93. The largest absolute Gasteiger partial charge is 0.338 e. The lowest BCUT2D eigenvalue weighted by Crippen LogP contribution is -2.35. The van der Waals surface area contributed by atoms with Crippen molar-refractivity contribution in [1.82, 2.24) is 4.90 Å². The van der Waals surface area contributed by atoms with Crippen molar-refractivity contribution in [2.75, 3.05) is 11.9 Å². The van der Waals surface area contributed by atoms with Crippen LogP contribution in [0.2, 0.25) is 5.02 Å². The van der Waals surface area contributed by atoms with Gasteiger partial charge in [0.2, 0.25) is 11.8 Å². The first-order valence-electron chi connectivity index (χ1n) is 8.30. The number of fused-ring (bicyclic) bond motifs is 1. The quantitative estimate of drug-likeness (QED) is 0.654. The predicted octanol–water partition coefficient (Wildman–Crippen LogP) is 5.02. The highest BCUT2D eigenvalue weighted by atomic mass is 35.5. The third-order valence-corrected chi connectivity index (χ3v) is 6.48. The molecule has 2 heterocycles. The Kier molecular flexibility index (Phi) is 6.73. The maximum atomic E-state index is 12.7. The number of carbonyl (C=O) groups excluding carboxylic acids is 2. The minimum atomic E-state index is -2.65. The van der Waals surface area contributed by atoms with E-state index in [4.69, 9.17) is 11.6 Å². The van der Waals surface area contributed by atoms with Crippen LogP contribution in [0.15, 0.2) is 34.5 Å². The summed E-state index contributed by atoms with van der Waals surface area (Å²) in [5.74, 6) is -3.14. The molecule has 0 saturated carbocycles. The van der Waals surface area contributed by atoms with Crippen LogP contribution in [0, 0.1) is 0 Å². The molecule has 1 aliphatic rings. The van der Waals surface area contributed by atoms with Crippen LogP contribution in [-0.2, 0) is 22.6 Å². The highest BCUT2D eigenvalue weighted by molar-refractivity contribution is 7.99. The van der Waals surface area contributed by atoms with Crippen LogP contribution in [0.25, 0.3) is 0 Å². The molecule has 4 nitrogen and oxygen atoms in total. The van der Waals surface area contributed by atoms with E-state index in [1.54, 1.807) is 22.3 Å². The number of thioether (sulfide) groups is 1. The number of nitrogens with zero attached hydrogens (tertiary/aromatic N) is 1. The second-order valence-electron chi connectivity index (χ2n) is 5.98. The van der Waals surface area contributed by atoms with Gasteiger partial charge in [-0.05, 0) is 35.6 Å². The van der Waals surface area contributed by atoms with Crippen molar-refractivity contribution in [3.63, 3.8) is 0 Å². The van der Waals surface area contributed by atoms with E-state index in [0.29, 0.717) is 13.1 Å². The highest BCUT2D eigenvalue weighted by Gasteiger charge is 2.22. The van der Waals surface area contributed by atoms with Crippen LogP contribution in [0.5, 0.6) is 0 Å². The smallest absolute Gasteiger partial charge is 0.289 e. The molecule has 1 aliphatic heterocycles. The Balaban J connectivity index is 1.54. The fourth-order valence-corrected chi connectivity index (χ4v) is 4.67. The van der Waals surface area contributed by atoms with Gasteiger partial charge in [0.05, 0.1) is 15.6 Å². The fraction of sp³-hybridized carbons (Fsp3) is 0.333. The molecular formula is C18H17ClF2N2O2S2. The van der Waals surface area contributed by atoms with Crippen molar-refractivity contribution in [3.05, 3.63) is 45.1 Å². The van der Waals surface area contributed by atoms with E-state index >= 15 is 0 Å². The van der Waals surface area contributed by atoms with E-state index in [1.807, 2.05) is 11.4 Å². The van der Waals surface area contributed by atoms with E-state index in [2.05, 4.69) is 5.32 Å². The average Bonchev–Trinajstić information content (AvgIpc) is 3.10. The molecule has 0 unspecified atom stereocenters. The number of rotatable bonds is 6. The third-order valence-electron chi connectivity index (χ3n) is 4.17. The molecule has 0 saturated heterocycles. The van der Waals surface area contributed by atoms with Crippen molar-refractivity contribution in [1.29, 1.82) is 0 Å². The zero-order valence-electron chi connectivity index (χ0n) is 14.2. The summed E-state index contributed by atoms with van der Waals surface area (Å²) in [6, 6.07) is 6.60. The van der Waals surface area contributed by atoms with Gasteiger partial charge in [0.25, 0.3) is 5.76 Å². The zero-order chi connectivity index (χ0) is 19.4. The molecule has 0 bridgehead atoms. The summed E-state index contributed by atoms with van der Waals surface area (Å²) in [5.41, 5.74) is 1.39. The zero-order valence-corrected chi connectivity index (χ0v) is 16.6. The number of thiophene rings is 1. The summed E-state index contributed by atoms with van der Waals surface area (Å²) in [6.45, 7) is 1.22. The highest BCUT2D eigenvalue weighted by Crippen LogP contribution is 2.37. The minimum absolute atomic E-state index is 0.0167. The van der Waals surface area contributed by atoms with Gasteiger partial charge in [-0.2, -0.15) is 8.78 Å². The van der Waals surface area contributed by atoms with E-state index in [1.165, 1.54) is 17.0 Å². The number of nitrogens with one attached hydrogen (secondary N) is 1. The second-order valence-corrected chi connectivity index (χ2v) is 8.39. The summed E-state index contributed by atoms with van der Waals surface area (Å²) in [6.07, 6.45) is 0.891. The van der Waals surface area contributed by atoms with Crippen LogP contribution in [0.4, 0.5) is 14.5 Å². The Morgan fingerprint density at radius 3 is 2.89 bits per heavy atom. The molecule has 27 heavy (non-hydrogen) atoms. The minimum Gasteiger partial charge on any atom is -0.338 e. The summed E-state index contributed by atoms with van der Waals surface area (Å²) in [5, 5.41) is 4.75. The molecule has 1 aromatic carbocycles. The van der Waals surface area contributed by atoms with Crippen molar-refractivity contribution in [2.24, 2.45) is 0 Å². The number of benzene rings is 1. The molecule has 2 amide bonds. The topological polar surface area (TPSA) is 49.4 Å². The lowest BCUT2D eigenvalue weighted by atomic mass is 10.1. The molecule has 3 rings (SSSR count). The van der Waals surface area contributed by atoms with E-state index in [-0.39, 0.29) is 46.1 Å². The second kappa shape index (κ2) is 9.03. The molecule has 0 fully saturated rings. The van der Waals surface area contributed by atoms with Crippen LogP contribution in [-0.4, -0.2) is 29.0 Å². The Hall–Kier alpha value is -1.64. The van der Waals surface area contributed by atoms with Crippen molar-refractivity contribution < 1.29 is 18.4 Å². The number of anilines is 1. The molecule has 1 N–H and O–H groups in total. The molecule has 0 atom stereocenters. The number of carbonyl (C=O) groups is 2. The first-order valence-corrected chi connectivity index (χ1v) is 10.4. The van der Waals surface area contributed by atoms with E-state index in [9.17, 15) is 18.4 Å². The maximum absolute atomic E-state index is 12.7. The maximum Gasteiger partial charge on any atom is 0.289 e. The lowest BCUT2D eigenvalue weighted by molar-refractivity contribution is -0.133. The van der Waals surface area contributed by atoms with Gasteiger partial charge in [0, 0.05) is 30.8 Å². The fourth-order valence-electron chi connectivity index (χ4n) is 2.87. The Morgan fingerprint density at radius 2 is 2.11 bits per heavy atom. The van der Waals surface area contributed by atoms with Crippen LogP contribution in [0.3, 0.4) is 0 Å². The first kappa shape index (κ1) is 20.1. The summed E-state index contributed by atoms with van der Waals surface area (Å²) < 4.78 is 25.4. The lowest BCUT2D eigenvalue weighted by Gasteiger charge is -2.27. The van der Waals surface area contributed by atoms with Crippen LogP contribution in [0.1, 0.15) is 23.3 Å². The van der Waals surface area contributed by atoms with E-state index in [0.717, 1.165) is 12.0 Å². The SMILES string of the molecule is O=C(CCC(=O)N1CCc2sccc2C1)Nc1cccc(Cl)c1SC(F)F. The summed E-state index contributed by atoms with van der Waals surface area (Å²) in [4.78, 5) is 27.7. The number of hydrogen-bond donors (Lipinski definition) is 1. The molecule has 9 heteroatoms. The van der Waals surface area contributed by atoms with E-state index < -0.39 is 11.7 Å². The Morgan fingerprint density at radius 1 is 1.30 bits per heavy atom. The van der Waals surface area contributed by atoms with Crippen molar-refractivity contribution >= 4 is 52.2 Å². The van der Waals surface area contributed by atoms with Gasteiger partial charge in [-0.25, -0.2) is 0 Å². The summed E-state index contributed by atoms with van der Waals surface area (Å²) in [7, 11) is 0. The molecule has 0 radical (unpaired) electrons. The van der Waals surface area contributed by atoms with Gasteiger partial charge in [0.1, 0.15) is 0 Å². The average molecular weight is 431 g/mol. The number of hydrogen-bond acceptors (Lipinski definition) is 4. The Bertz CT molecular complexity index is 845. The van der Waals surface area contributed by atoms with Crippen molar-refractivity contribution in [2.45, 2.75) is 36.5 Å².